The van der Waals surface area contributed by atoms with Gasteiger partial charge in [-0.25, -0.2) is 18.4 Å². The first-order chi connectivity index (χ1) is 12.7. The van der Waals surface area contributed by atoms with Gasteiger partial charge in [-0.2, -0.15) is 9.29 Å². The van der Waals surface area contributed by atoms with Crippen molar-refractivity contribution in [3.63, 3.8) is 0 Å². The van der Waals surface area contributed by atoms with Crippen molar-refractivity contribution >= 4 is 27.6 Å². The average Bonchev–Trinajstić information content (AvgIpc) is 2.61. The number of nitrogens with zero attached hydrogens (tertiary/aromatic N) is 5. The van der Waals surface area contributed by atoms with Gasteiger partial charge < -0.3 is 16.4 Å². The topological polar surface area (TPSA) is 131 Å². The molecule has 1 fully saturated rings. The van der Waals surface area contributed by atoms with E-state index in [-0.39, 0.29) is 5.95 Å². The van der Waals surface area contributed by atoms with Gasteiger partial charge in [0.25, 0.3) is 0 Å². The van der Waals surface area contributed by atoms with E-state index in [1.54, 1.807) is 18.3 Å². The summed E-state index contributed by atoms with van der Waals surface area (Å²) in [5, 5.41) is 0. The zero-order chi connectivity index (χ0) is 19.6. The molecule has 2 aromatic heterocycles. The highest BCUT2D eigenvalue weighted by Crippen LogP contribution is 2.23. The number of hydrogen-bond donors (Lipinski definition) is 2. The number of sulfonamides is 1. The van der Waals surface area contributed by atoms with E-state index in [2.05, 4.69) is 26.8 Å². The van der Waals surface area contributed by atoms with Gasteiger partial charge in [0, 0.05) is 37.9 Å². The molecule has 1 aliphatic heterocycles. The third kappa shape index (κ3) is 4.45. The summed E-state index contributed by atoms with van der Waals surface area (Å²) < 4.78 is 24.9. The monoisotopic (exact) mass is 387 g/mol. The Morgan fingerprint density at radius 3 is 2.37 bits per heavy atom. The van der Waals surface area contributed by atoms with Crippen LogP contribution in [0.4, 0.5) is 17.6 Å². The van der Waals surface area contributed by atoms with Crippen LogP contribution in [-0.4, -0.2) is 60.1 Å². The molecule has 0 amide bonds. The molecule has 0 atom stereocenters. The van der Waals surface area contributed by atoms with E-state index in [9.17, 15) is 8.42 Å². The molecule has 10 heteroatoms. The van der Waals surface area contributed by atoms with Crippen molar-refractivity contribution < 1.29 is 8.42 Å². The van der Waals surface area contributed by atoms with E-state index in [0.717, 1.165) is 0 Å². The quantitative estimate of drug-likeness (QED) is 0.679. The van der Waals surface area contributed by atoms with Gasteiger partial charge >= 0.3 is 0 Å². The minimum absolute atomic E-state index is 0.160. The van der Waals surface area contributed by atoms with Crippen molar-refractivity contribution in [3.8, 4) is 11.8 Å². The number of pyridine rings is 1. The molecule has 3 rings (SSSR count). The molecule has 0 radical (unpaired) electrons. The lowest BCUT2D eigenvalue weighted by molar-refractivity contribution is 0.387. The Kier molecular flexibility index (Phi) is 5.16. The van der Waals surface area contributed by atoms with Crippen LogP contribution in [0.25, 0.3) is 0 Å². The number of aromatic nitrogens is 3. The number of aryl methyl sites for hydroxylation is 1. The molecule has 0 bridgehead atoms. The number of rotatable bonds is 2. The van der Waals surface area contributed by atoms with Crippen molar-refractivity contribution in [1.29, 1.82) is 0 Å². The van der Waals surface area contributed by atoms with Gasteiger partial charge in [0.15, 0.2) is 0 Å². The molecule has 3 heterocycles. The molecular weight excluding hydrogens is 366 g/mol. The van der Waals surface area contributed by atoms with E-state index in [1.807, 2.05) is 11.8 Å². The zero-order valence-electron chi connectivity index (χ0n) is 15.2. The van der Waals surface area contributed by atoms with Crippen LogP contribution in [0.5, 0.6) is 0 Å². The summed E-state index contributed by atoms with van der Waals surface area (Å²) in [7, 11) is -3.20. The van der Waals surface area contributed by atoms with Gasteiger partial charge in [-0.05, 0) is 19.1 Å². The summed E-state index contributed by atoms with van der Waals surface area (Å²) in [6.45, 7) is 3.59. The van der Waals surface area contributed by atoms with Crippen molar-refractivity contribution in [3.05, 3.63) is 35.2 Å². The van der Waals surface area contributed by atoms with E-state index < -0.39 is 10.0 Å². The first-order valence-corrected chi connectivity index (χ1v) is 10.2. The third-order valence-electron chi connectivity index (χ3n) is 4.21. The maximum atomic E-state index is 11.7. The van der Waals surface area contributed by atoms with Crippen molar-refractivity contribution in [1.82, 2.24) is 19.3 Å². The second kappa shape index (κ2) is 7.38. The fourth-order valence-corrected chi connectivity index (χ4v) is 3.63. The number of nitrogens with two attached hydrogens (primary N) is 2. The Bertz CT molecular complexity index is 1000. The Morgan fingerprint density at radius 2 is 1.78 bits per heavy atom. The molecule has 1 aliphatic rings. The molecule has 1 saturated heterocycles. The van der Waals surface area contributed by atoms with Crippen LogP contribution in [0, 0.1) is 18.8 Å². The van der Waals surface area contributed by atoms with Gasteiger partial charge in [0.2, 0.25) is 16.0 Å². The second-order valence-electron chi connectivity index (χ2n) is 6.24. The molecule has 27 heavy (non-hydrogen) atoms. The number of piperazine rings is 1. The minimum Gasteiger partial charge on any atom is -0.384 e. The van der Waals surface area contributed by atoms with Gasteiger partial charge in [-0.3, -0.25) is 0 Å². The summed E-state index contributed by atoms with van der Waals surface area (Å²) in [5.74, 6) is 7.34. The van der Waals surface area contributed by atoms with Crippen LogP contribution in [0.2, 0.25) is 0 Å². The molecule has 142 valence electrons. The predicted octanol–water partition coefficient (Wildman–Crippen LogP) is -0.174. The SMILES string of the molecule is Cc1nc(N)nc(N2CCN(S(C)(=O)=O)CC2)c1C#Cc1ccc(N)nc1. The summed E-state index contributed by atoms with van der Waals surface area (Å²) in [6.07, 6.45) is 2.81. The second-order valence-corrected chi connectivity index (χ2v) is 8.22. The lowest BCUT2D eigenvalue weighted by Gasteiger charge is -2.34. The van der Waals surface area contributed by atoms with Crippen LogP contribution in [0.15, 0.2) is 18.3 Å². The summed E-state index contributed by atoms with van der Waals surface area (Å²) in [5.41, 5.74) is 13.5. The molecule has 0 saturated carbocycles. The number of nitrogen functional groups attached to an aromatic ring is 2. The average molecular weight is 387 g/mol. The van der Waals surface area contributed by atoms with Crippen molar-refractivity contribution in [2.45, 2.75) is 6.92 Å². The van der Waals surface area contributed by atoms with Gasteiger partial charge in [-0.1, -0.05) is 11.8 Å². The molecule has 0 aliphatic carbocycles. The highest BCUT2D eigenvalue weighted by molar-refractivity contribution is 7.88. The van der Waals surface area contributed by atoms with Gasteiger partial charge in [-0.15, -0.1) is 0 Å². The van der Waals surface area contributed by atoms with E-state index in [1.165, 1.54) is 10.6 Å². The smallest absolute Gasteiger partial charge is 0.222 e. The Labute approximate surface area is 158 Å². The maximum Gasteiger partial charge on any atom is 0.222 e. The number of hydrogen-bond acceptors (Lipinski definition) is 8. The Morgan fingerprint density at radius 1 is 1.07 bits per heavy atom. The highest BCUT2D eigenvalue weighted by Gasteiger charge is 2.26. The minimum atomic E-state index is -3.20. The van der Waals surface area contributed by atoms with E-state index in [0.29, 0.717) is 54.6 Å². The summed E-state index contributed by atoms with van der Waals surface area (Å²) >= 11 is 0. The lowest BCUT2D eigenvalue weighted by atomic mass is 10.1. The molecule has 2 aromatic rings. The predicted molar refractivity (Wildman–Crippen MR) is 104 cm³/mol. The third-order valence-corrected chi connectivity index (χ3v) is 5.52. The first kappa shape index (κ1) is 18.9. The van der Waals surface area contributed by atoms with Gasteiger partial charge in [0.05, 0.1) is 17.5 Å². The highest BCUT2D eigenvalue weighted by atomic mass is 32.2. The Hall–Kier alpha value is -2.90. The van der Waals surface area contributed by atoms with E-state index in [4.69, 9.17) is 11.5 Å². The molecule has 9 nitrogen and oxygen atoms in total. The molecule has 0 spiro atoms. The molecule has 4 N–H and O–H groups in total. The molecule has 0 unspecified atom stereocenters. The summed E-state index contributed by atoms with van der Waals surface area (Å²) in [6, 6.07) is 3.47. The fourth-order valence-electron chi connectivity index (χ4n) is 2.80. The molecule has 0 aromatic carbocycles. The van der Waals surface area contributed by atoms with E-state index >= 15 is 0 Å². The first-order valence-electron chi connectivity index (χ1n) is 8.32. The molecular formula is C17H21N7O2S. The van der Waals surface area contributed by atoms with Crippen LogP contribution in [-0.2, 0) is 10.0 Å². The van der Waals surface area contributed by atoms with Gasteiger partial charge in [0.1, 0.15) is 11.6 Å². The number of anilines is 3. The standard InChI is InChI=1S/C17H21N7O2S/c1-12-14(5-3-13-4-6-15(18)20-11-13)16(22-17(19)21-12)23-7-9-24(10-8-23)27(2,25)26/h4,6,11H,7-10H2,1-2H3,(H2,18,20)(H2,19,21,22). The van der Waals surface area contributed by atoms with Crippen LogP contribution in [0.3, 0.4) is 0 Å². The Balaban J connectivity index is 1.91. The normalized spacial score (nSPS) is 15.3. The van der Waals surface area contributed by atoms with Crippen LogP contribution in [0.1, 0.15) is 16.8 Å². The fraction of sp³-hybridized carbons (Fsp3) is 0.353. The maximum absolute atomic E-state index is 11.7. The van der Waals surface area contributed by atoms with Crippen molar-refractivity contribution in [2.24, 2.45) is 0 Å². The van der Waals surface area contributed by atoms with Crippen LogP contribution >= 0.6 is 0 Å². The lowest BCUT2D eigenvalue weighted by Crippen LogP contribution is -2.48. The summed E-state index contributed by atoms with van der Waals surface area (Å²) in [4.78, 5) is 14.6. The largest absolute Gasteiger partial charge is 0.384 e. The van der Waals surface area contributed by atoms with Crippen molar-refractivity contribution in [2.75, 3.05) is 48.8 Å². The zero-order valence-corrected chi connectivity index (χ0v) is 16.0. The van der Waals surface area contributed by atoms with Crippen LogP contribution < -0.4 is 16.4 Å².